The number of aldehydes is 1. The van der Waals surface area contributed by atoms with Crippen LogP contribution in [0.1, 0.15) is 11.5 Å². The van der Waals surface area contributed by atoms with Crippen molar-refractivity contribution >= 4 is 16.1 Å². The Morgan fingerprint density at radius 2 is 2.14 bits per heavy atom. The van der Waals surface area contributed by atoms with E-state index < -0.39 is 15.8 Å². The Morgan fingerprint density at radius 3 is 2.79 bits per heavy atom. The Bertz CT molecular complexity index is 490. The van der Waals surface area contributed by atoms with Gasteiger partial charge in [-0.05, 0) is 23.8 Å². The van der Waals surface area contributed by atoms with Gasteiger partial charge in [0.2, 0.25) is 0 Å². The molecular formula is C9H8O4S. The summed E-state index contributed by atoms with van der Waals surface area (Å²) in [5, 5.41) is 9.17. The van der Waals surface area contributed by atoms with Gasteiger partial charge in [-0.25, -0.2) is 8.42 Å². The zero-order valence-electron chi connectivity index (χ0n) is 7.17. The molecule has 1 aromatic rings. The molecule has 5 heteroatoms. The largest absolute Gasteiger partial charge is 0.508 e. The molecule has 0 saturated heterocycles. The summed E-state index contributed by atoms with van der Waals surface area (Å²) in [5.41, 5.74) is 0.403. The molecule has 1 N–H and O–H groups in total. The first kappa shape index (κ1) is 9.21. The predicted octanol–water partition coefficient (Wildman–Crippen LogP) is 0.462. The van der Waals surface area contributed by atoms with Gasteiger partial charge in [0.1, 0.15) is 12.0 Å². The van der Waals surface area contributed by atoms with Gasteiger partial charge in [0.15, 0.2) is 9.84 Å². The molecule has 0 spiro atoms. The Hall–Kier alpha value is -1.36. The van der Waals surface area contributed by atoms with Crippen molar-refractivity contribution in [2.45, 2.75) is 10.8 Å². The summed E-state index contributed by atoms with van der Waals surface area (Å²) < 4.78 is 23.0. The summed E-state index contributed by atoms with van der Waals surface area (Å²) in [7, 11) is -3.33. The number of phenols is 1. The molecule has 74 valence electrons. The van der Waals surface area contributed by atoms with Crippen LogP contribution in [0, 0.1) is 0 Å². The van der Waals surface area contributed by atoms with Crippen molar-refractivity contribution in [2.24, 2.45) is 0 Å². The lowest BCUT2D eigenvalue weighted by molar-refractivity contribution is -0.108. The lowest BCUT2D eigenvalue weighted by Crippen LogP contribution is -2.03. The molecule has 0 fully saturated rings. The zero-order valence-corrected chi connectivity index (χ0v) is 7.99. The van der Waals surface area contributed by atoms with Crippen molar-refractivity contribution in [2.75, 3.05) is 5.75 Å². The van der Waals surface area contributed by atoms with E-state index in [4.69, 9.17) is 5.11 Å². The van der Waals surface area contributed by atoms with E-state index in [1.807, 2.05) is 0 Å². The van der Waals surface area contributed by atoms with Gasteiger partial charge in [-0.1, -0.05) is 0 Å². The van der Waals surface area contributed by atoms with Gasteiger partial charge < -0.3 is 9.90 Å². The molecule has 0 amide bonds. The van der Waals surface area contributed by atoms with E-state index in [2.05, 4.69) is 0 Å². The van der Waals surface area contributed by atoms with E-state index in [-0.39, 0.29) is 16.4 Å². The highest BCUT2D eigenvalue weighted by Crippen LogP contribution is 2.35. The van der Waals surface area contributed by atoms with Crippen LogP contribution in [0.25, 0.3) is 0 Å². The van der Waals surface area contributed by atoms with Crippen molar-refractivity contribution in [3.05, 3.63) is 23.8 Å². The number of aromatic hydroxyl groups is 1. The normalized spacial score (nSPS) is 23.0. The number of rotatable bonds is 1. The average molecular weight is 212 g/mol. The van der Waals surface area contributed by atoms with Gasteiger partial charge in [-0.15, -0.1) is 0 Å². The highest BCUT2D eigenvalue weighted by molar-refractivity contribution is 7.91. The van der Waals surface area contributed by atoms with Gasteiger partial charge in [0, 0.05) is 0 Å². The summed E-state index contributed by atoms with van der Waals surface area (Å²) in [6.07, 6.45) is 0.600. The van der Waals surface area contributed by atoms with Crippen LogP contribution in [0.3, 0.4) is 0 Å². The molecule has 4 nitrogen and oxygen atoms in total. The Kier molecular flexibility index (Phi) is 1.85. The number of hydrogen-bond acceptors (Lipinski definition) is 4. The Labute approximate surface area is 81.1 Å². The quantitative estimate of drug-likeness (QED) is 0.686. The van der Waals surface area contributed by atoms with Crippen LogP contribution in [0.15, 0.2) is 23.1 Å². The molecule has 1 atom stereocenters. The van der Waals surface area contributed by atoms with Crippen LogP contribution in [0.4, 0.5) is 0 Å². The van der Waals surface area contributed by atoms with Crippen LogP contribution in [0.2, 0.25) is 0 Å². The first-order chi connectivity index (χ1) is 6.54. The predicted molar refractivity (Wildman–Crippen MR) is 49.0 cm³/mol. The molecule has 0 aliphatic carbocycles. The van der Waals surface area contributed by atoms with Crippen LogP contribution in [-0.4, -0.2) is 25.6 Å². The number of hydrogen-bond donors (Lipinski definition) is 1. The SMILES string of the molecule is O=CC1CS(=O)(=O)c2ccc(O)cc21. The van der Waals surface area contributed by atoms with E-state index in [0.29, 0.717) is 11.8 Å². The fraction of sp³-hybridized carbons (Fsp3) is 0.222. The molecule has 0 bridgehead atoms. The average Bonchev–Trinajstić information content (AvgIpc) is 2.37. The maximum absolute atomic E-state index is 11.5. The minimum atomic E-state index is -3.33. The number of carbonyl (C=O) groups is 1. The third-order valence-corrected chi connectivity index (χ3v) is 4.13. The summed E-state index contributed by atoms with van der Waals surface area (Å²) >= 11 is 0. The molecular weight excluding hydrogens is 204 g/mol. The van der Waals surface area contributed by atoms with Crippen LogP contribution < -0.4 is 0 Å². The van der Waals surface area contributed by atoms with Crippen molar-refractivity contribution in [3.8, 4) is 5.75 Å². The molecule has 1 aliphatic rings. The molecule has 0 radical (unpaired) electrons. The third kappa shape index (κ3) is 1.21. The van der Waals surface area contributed by atoms with Gasteiger partial charge in [0.05, 0.1) is 16.6 Å². The topological polar surface area (TPSA) is 71.4 Å². The minimum absolute atomic E-state index is 0.0206. The number of carbonyl (C=O) groups excluding carboxylic acids is 1. The Balaban J connectivity index is 2.71. The van der Waals surface area contributed by atoms with E-state index in [9.17, 15) is 13.2 Å². The fourth-order valence-corrected chi connectivity index (χ4v) is 3.39. The van der Waals surface area contributed by atoms with Gasteiger partial charge in [-0.3, -0.25) is 0 Å². The number of fused-ring (bicyclic) bond motifs is 1. The van der Waals surface area contributed by atoms with E-state index in [1.54, 1.807) is 0 Å². The zero-order chi connectivity index (χ0) is 10.3. The molecule has 2 rings (SSSR count). The lowest BCUT2D eigenvalue weighted by atomic mass is 10.0. The Morgan fingerprint density at radius 1 is 1.43 bits per heavy atom. The molecule has 1 aliphatic heterocycles. The third-order valence-electron chi connectivity index (χ3n) is 2.29. The fourth-order valence-electron chi connectivity index (χ4n) is 1.64. The number of phenolic OH excluding ortho intramolecular Hbond substituents is 1. The standard InChI is InChI=1S/C9H8O4S/c10-4-6-5-14(12,13)9-2-1-7(11)3-8(6)9/h1-4,6,11H,5H2. The summed E-state index contributed by atoms with van der Waals surface area (Å²) in [6, 6.07) is 3.98. The minimum Gasteiger partial charge on any atom is -0.508 e. The van der Waals surface area contributed by atoms with Crippen molar-refractivity contribution < 1.29 is 18.3 Å². The molecule has 1 unspecified atom stereocenters. The highest BCUT2D eigenvalue weighted by Gasteiger charge is 2.34. The monoisotopic (exact) mass is 212 g/mol. The van der Waals surface area contributed by atoms with Crippen LogP contribution in [0.5, 0.6) is 5.75 Å². The van der Waals surface area contributed by atoms with Crippen LogP contribution in [-0.2, 0) is 14.6 Å². The number of sulfone groups is 1. The lowest BCUT2D eigenvalue weighted by Gasteiger charge is -2.00. The second-order valence-corrected chi connectivity index (χ2v) is 5.25. The van der Waals surface area contributed by atoms with Gasteiger partial charge >= 0.3 is 0 Å². The second kappa shape index (κ2) is 2.81. The van der Waals surface area contributed by atoms with Gasteiger partial charge in [0.25, 0.3) is 0 Å². The van der Waals surface area contributed by atoms with Crippen molar-refractivity contribution in [3.63, 3.8) is 0 Å². The first-order valence-electron chi connectivity index (χ1n) is 4.05. The molecule has 0 aromatic heterocycles. The smallest absolute Gasteiger partial charge is 0.179 e. The van der Waals surface area contributed by atoms with Gasteiger partial charge in [-0.2, -0.15) is 0 Å². The highest BCUT2D eigenvalue weighted by atomic mass is 32.2. The number of benzene rings is 1. The molecule has 1 heterocycles. The molecule has 14 heavy (non-hydrogen) atoms. The van der Waals surface area contributed by atoms with Crippen molar-refractivity contribution in [1.82, 2.24) is 0 Å². The first-order valence-corrected chi connectivity index (χ1v) is 5.71. The van der Waals surface area contributed by atoms with Crippen molar-refractivity contribution in [1.29, 1.82) is 0 Å². The summed E-state index contributed by atoms with van der Waals surface area (Å²) in [6.45, 7) is 0. The van der Waals surface area contributed by atoms with E-state index in [1.165, 1.54) is 18.2 Å². The van der Waals surface area contributed by atoms with E-state index >= 15 is 0 Å². The maximum Gasteiger partial charge on any atom is 0.179 e. The summed E-state index contributed by atoms with van der Waals surface area (Å²) in [5.74, 6) is -0.843. The molecule has 0 saturated carbocycles. The maximum atomic E-state index is 11.5. The van der Waals surface area contributed by atoms with E-state index in [0.717, 1.165) is 0 Å². The summed E-state index contributed by atoms with van der Waals surface area (Å²) in [4.78, 5) is 10.8. The second-order valence-electron chi connectivity index (χ2n) is 3.25. The van der Waals surface area contributed by atoms with Crippen LogP contribution >= 0.6 is 0 Å². The molecule has 1 aromatic carbocycles.